The average molecular weight is 336 g/mol. The zero-order valence-corrected chi connectivity index (χ0v) is 14.1. The normalized spacial score (nSPS) is 17.1. The fourth-order valence-electron chi connectivity index (χ4n) is 2.62. The van der Waals surface area contributed by atoms with Gasteiger partial charge in [0.2, 0.25) is 5.91 Å². The lowest BCUT2D eigenvalue weighted by atomic mass is 10.2. The molecule has 1 heterocycles. The molecule has 2 rings (SSSR count). The summed E-state index contributed by atoms with van der Waals surface area (Å²) in [5.74, 6) is -0.219. The van der Waals surface area contributed by atoms with Crippen LogP contribution in [0.4, 0.5) is 4.79 Å². The van der Waals surface area contributed by atoms with Crippen LogP contribution in [0, 0.1) is 0 Å². The Morgan fingerprint density at radius 1 is 1.25 bits per heavy atom. The second-order valence-electron chi connectivity index (χ2n) is 5.54. The second-order valence-corrected chi connectivity index (χ2v) is 5.54. The van der Waals surface area contributed by atoms with Crippen LogP contribution in [0.1, 0.15) is 18.4 Å². The number of nitrogens with zero attached hydrogens (tertiary/aromatic N) is 1. The van der Waals surface area contributed by atoms with Crippen LogP contribution in [0.2, 0.25) is 0 Å². The molecule has 1 aliphatic rings. The highest BCUT2D eigenvalue weighted by Crippen LogP contribution is 2.19. The molecule has 1 aromatic carbocycles. The van der Waals surface area contributed by atoms with Gasteiger partial charge in [0.05, 0.1) is 6.54 Å². The number of carbonyl (C=O) groups is 2. The van der Waals surface area contributed by atoms with Crippen LogP contribution in [-0.4, -0.2) is 56.5 Å². The molecule has 132 valence electrons. The van der Waals surface area contributed by atoms with E-state index in [0.29, 0.717) is 13.0 Å². The molecule has 24 heavy (non-hydrogen) atoms. The molecule has 0 aromatic heterocycles. The molecule has 1 atom stereocenters. The highest BCUT2D eigenvalue weighted by molar-refractivity contribution is 5.86. The molecule has 2 amide bonds. The summed E-state index contributed by atoms with van der Waals surface area (Å²) >= 11 is 0. The first-order valence-corrected chi connectivity index (χ1v) is 7.96. The molecule has 0 aliphatic carbocycles. The molecular weight excluding hydrogens is 312 g/mol. The summed E-state index contributed by atoms with van der Waals surface area (Å²) in [6.45, 7) is 0.943. The smallest absolute Gasteiger partial charge is 0.410 e. The molecule has 0 spiro atoms. The highest BCUT2D eigenvalue weighted by Gasteiger charge is 2.35. The van der Waals surface area contributed by atoms with Gasteiger partial charge in [0.15, 0.2) is 6.29 Å². The first kappa shape index (κ1) is 18.2. The van der Waals surface area contributed by atoms with Crippen molar-refractivity contribution in [1.29, 1.82) is 0 Å². The van der Waals surface area contributed by atoms with Crippen LogP contribution >= 0.6 is 0 Å². The minimum atomic E-state index is -0.511. The predicted octanol–water partition coefficient (Wildman–Crippen LogP) is 1.52. The molecule has 0 bridgehead atoms. The van der Waals surface area contributed by atoms with Crippen molar-refractivity contribution < 1.29 is 23.8 Å². The lowest BCUT2D eigenvalue weighted by Gasteiger charge is -2.24. The van der Waals surface area contributed by atoms with Crippen LogP contribution in [0.3, 0.4) is 0 Å². The lowest BCUT2D eigenvalue weighted by Crippen LogP contribution is -2.48. The maximum Gasteiger partial charge on any atom is 0.410 e. The fraction of sp³-hybridized carbons (Fsp3) is 0.529. The fourth-order valence-corrected chi connectivity index (χ4v) is 2.62. The van der Waals surface area contributed by atoms with Crippen LogP contribution in [0.15, 0.2) is 30.3 Å². The van der Waals surface area contributed by atoms with Gasteiger partial charge in [-0.05, 0) is 18.4 Å². The Morgan fingerprint density at radius 3 is 2.62 bits per heavy atom. The number of hydrogen-bond donors (Lipinski definition) is 1. The molecule has 1 aliphatic heterocycles. The maximum absolute atomic E-state index is 12.3. The number of rotatable bonds is 7. The van der Waals surface area contributed by atoms with E-state index in [-0.39, 0.29) is 19.1 Å². The summed E-state index contributed by atoms with van der Waals surface area (Å²) in [5, 5.41) is 2.75. The summed E-state index contributed by atoms with van der Waals surface area (Å²) in [4.78, 5) is 26.0. The van der Waals surface area contributed by atoms with Crippen molar-refractivity contribution in [3.63, 3.8) is 0 Å². The van der Waals surface area contributed by atoms with Crippen molar-refractivity contribution in [2.75, 3.05) is 27.3 Å². The average Bonchev–Trinajstić information content (AvgIpc) is 3.11. The third-order valence-corrected chi connectivity index (χ3v) is 3.96. The Balaban J connectivity index is 1.84. The Labute approximate surface area is 141 Å². The summed E-state index contributed by atoms with van der Waals surface area (Å²) in [6.07, 6.45) is 0.424. The zero-order valence-electron chi connectivity index (χ0n) is 14.1. The summed E-state index contributed by atoms with van der Waals surface area (Å²) in [7, 11) is 3.01. The Bertz CT molecular complexity index is 533. The number of hydrogen-bond acceptors (Lipinski definition) is 5. The van der Waals surface area contributed by atoms with E-state index in [2.05, 4.69) is 5.32 Å². The second kappa shape index (κ2) is 9.24. The first-order chi connectivity index (χ1) is 11.7. The largest absolute Gasteiger partial charge is 0.445 e. The van der Waals surface area contributed by atoms with E-state index in [9.17, 15) is 9.59 Å². The molecule has 0 saturated carbocycles. The zero-order chi connectivity index (χ0) is 17.4. The van der Waals surface area contributed by atoms with E-state index < -0.39 is 18.4 Å². The highest BCUT2D eigenvalue weighted by atomic mass is 16.7. The van der Waals surface area contributed by atoms with Gasteiger partial charge in [-0.1, -0.05) is 30.3 Å². The van der Waals surface area contributed by atoms with Gasteiger partial charge in [0, 0.05) is 20.8 Å². The number of amides is 2. The standard InChI is InChI=1S/C17H24N2O5/c1-22-15(23-2)11-18-16(20)14-9-6-10-19(14)17(21)24-12-13-7-4-3-5-8-13/h3-5,7-8,14-15H,6,9-12H2,1-2H3,(H,18,20)/t14-/m1/s1. The summed E-state index contributed by atoms with van der Waals surface area (Å²) < 4.78 is 15.4. The van der Waals surface area contributed by atoms with Crippen molar-refractivity contribution >= 4 is 12.0 Å². The van der Waals surface area contributed by atoms with Crippen LogP contribution in [0.25, 0.3) is 0 Å². The van der Waals surface area contributed by atoms with E-state index in [0.717, 1.165) is 12.0 Å². The van der Waals surface area contributed by atoms with E-state index in [1.807, 2.05) is 30.3 Å². The van der Waals surface area contributed by atoms with Gasteiger partial charge in [0.25, 0.3) is 0 Å². The van der Waals surface area contributed by atoms with Crippen LogP contribution in [0.5, 0.6) is 0 Å². The molecule has 1 aromatic rings. The van der Waals surface area contributed by atoms with Gasteiger partial charge >= 0.3 is 6.09 Å². The third-order valence-electron chi connectivity index (χ3n) is 3.96. The third kappa shape index (κ3) is 4.94. The van der Waals surface area contributed by atoms with Gasteiger partial charge in [-0.2, -0.15) is 0 Å². The van der Waals surface area contributed by atoms with E-state index >= 15 is 0 Å². The molecule has 1 fully saturated rings. The quantitative estimate of drug-likeness (QED) is 0.764. The topological polar surface area (TPSA) is 77.1 Å². The SMILES string of the molecule is COC(CNC(=O)[C@H]1CCCN1C(=O)OCc1ccccc1)OC. The van der Waals surface area contributed by atoms with E-state index in [4.69, 9.17) is 14.2 Å². The number of ether oxygens (including phenoxy) is 3. The van der Waals surface area contributed by atoms with Gasteiger partial charge in [-0.25, -0.2) is 4.79 Å². The number of carbonyl (C=O) groups excluding carboxylic acids is 2. The monoisotopic (exact) mass is 336 g/mol. The van der Waals surface area contributed by atoms with Crippen molar-refractivity contribution in [2.45, 2.75) is 31.8 Å². The van der Waals surface area contributed by atoms with Crippen LogP contribution in [-0.2, 0) is 25.6 Å². The molecular formula is C17H24N2O5. The van der Waals surface area contributed by atoms with E-state index in [1.165, 1.54) is 19.1 Å². The predicted molar refractivity (Wildman–Crippen MR) is 87.2 cm³/mol. The first-order valence-electron chi connectivity index (χ1n) is 7.96. The van der Waals surface area contributed by atoms with Crippen molar-refractivity contribution in [3.8, 4) is 0 Å². The Hall–Kier alpha value is -2.12. The number of benzene rings is 1. The summed E-state index contributed by atoms with van der Waals surface area (Å²) in [5.41, 5.74) is 0.911. The Kier molecular flexibility index (Phi) is 7.02. The number of likely N-dealkylation sites (tertiary alicyclic amines) is 1. The maximum atomic E-state index is 12.3. The van der Waals surface area contributed by atoms with Crippen molar-refractivity contribution in [1.82, 2.24) is 10.2 Å². The van der Waals surface area contributed by atoms with Crippen molar-refractivity contribution in [3.05, 3.63) is 35.9 Å². The lowest BCUT2D eigenvalue weighted by molar-refractivity contribution is -0.131. The Morgan fingerprint density at radius 2 is 1.96 bits per heavy atom. The van der Waals surface area contributed by atoms with Gasteiger partial charge in [-0.3, -0.25) is 9.69 Å². The van der Waals surface area contributed by atoms with Crippen LogP contribution < -0.4 is 5.32 Å². The van der Waals surface area contributed by atoms with E-state index in [1.54, 1.807) is 0 Å². The van der Waals surface area contributed by atoms with Gasteiger partial charge in [-0.15, -0.1) is 0 Å². The molecule has 1 N–H and O–H groups in total. The number of nitrogens with one attached hydrogen (secondary N) is 1. The van der Waals surface area contributed by atoms with Gasteiger partial charge < -0.3 is 19.5 Å². The van der Waals surface area contributed by atoms with Crippen molar-refractivity contribution in [2.24, 2.45) is 0 Å². The minimum Gasteiger partial charge on any atom is -0.445 e. The molecule has 7 nitrogen and oxygen atoms in total. The minimum absolute atomic E-state index is 0.194. The number of methoxy groups -OCH3 is 2. The molecule has 1 saturated heterocycles. The van der Waals surface area contributed by atoms with Gasteiger partial charge in [0.1, 0.15) is 12.6 Å². The molecule has 0 unspecified atom stereocenters. The summed E-state index contributed by atoms with van der Waals surface area (Å²) in [6, 6.07) is 8.94. The molecule has 0 radical (unpaired) electrons. The molecule has 7 heteroatoms.